The summed E-state index contributed by atoms with van der Waals surface area (Å²) >= 11 is 0. The molecule has 1 aliphatic rings. The topological polar surface area (TPSA) is 129 Å². The van der Waals surface area contributed by atoms with E-state index in [1.54, 1.807) is 0 Å². The number of alkyl halides is 2. The minimum atomic E-state index is -2.88. The molecule has 2 aromatic heterocycles. The molecule has 0 aromatic carbocycles. The van der Waals surface area contributed by atoms with Crippen molar-refractivity contribution in [1.82, 2.24) is 19.4 Å². The Balaban J connectivity index is 0.000000758. The molecule has 2 aromatic rings. The minimum absolute atomic E-state index is 0.0153. The Hall–Kier alpha value is -3.24. The van der Waals surface area contributed by atoms with Gasteiger partial charge in [0.2, 0.25) is 0 Å². The average molecular weight is 370 g/mol. The van der Waals surface area contributed by atoms with Crippen LogP contribution in [-0.4, -0.2) is 54.0 Å². The first-order valence-electron chi connectivity index (χ1n) is 7.40. The molecule has 140 valence electrons. The number of aromatic nitrogens is 3. The second kappa shape index (κ2) is 7.76. The summed E-state index contributed by atoms with van der Waals surface area (Å²) in [7, 11) is 0. The maximum atomic E-state index is 13.2. The van der Waals surface area contributed by atoms with Crippen molar-refractivity contribution in [3.63, 3.8) is 0 Å². The van der Waals surface area contributed by atoms with Gasteiger partial charge in [-0.05, 0) is 19.1 Å². The zero-order valence-corrected chi connectivity index (χ0v) is 13.6. The third kappa shape index (κ3) is 3.55. The summed E-state index contributed by atoms with van der Waals surface area (Å²) in [5, 5.41) is 16.3. The Kier molecular flexibility index (Phi) is 5.70. The first-order chi connectivity index (χ1) is 12.3. The smallest absolute Gasteiger partial charge is 0.326 e. The van der Waals surface area contributed by atoms with Crippen LogP contribution in [0.2, 0.25) is 0 Å². The molecule has 0 radical (unpaired) electrons. The maximum absolute atomic E-state index is 13.2. The maximum Gasteiger partial charge on any atom is 0.326 e. The second-order valence-corrected chi connectivity index (χ2v) is 5.43. The number of hydrogen-bond acceptors (Lipinski definition) is 4. The number of fused-ring (bicyclic) bond motifs is 1. The summed E-state index contributed by atoms with van der Waals surface area (Å²) in [5.41, 5.74) is 1.19. The Morgan fingerprint density at radius 3 is 2.65 bits per heavy atom. The van der Waals surface area contributed by atoms with Crippen LogP contribution < -0.4 is 0 Å². The number of carbonyl (C=O) groups is 3. The molecule has 0 spiro atoms. The van der Waals surface area contributed by atoms with Gasteiger partial charge in [-0.3, -0.25) is 14.2 Å². The molecule has 1 amide bonds. The van der Waals surface area contributed by atoms with Gasteiger partial charge in [0.05, 0.1) is 24.3 Å². The van der Waals surface area contributed by atoms with E-state index in [9.17, 15) is 23.5 Å². The van der Waals surface area contributed by atoms with Crippen LogP contribution in [0.5, 0.6) is 0 Å². The van der Waals surface area contributed by atoms with Crippen molar-refractivity contribution in [2.45, 2.75) is 32.5 Å². The molecule has 0 fully saturated rings. The van der Waals surface area contributed by atoms with Crippen molar-refractivity contribution in [2.75, 3.05) is 0 Å². The SMILES string of the molecule is Cc1ccc(C(=O)N2Cc3[nH]cnc3CC2C(=O)O)n1C(F)F.O=CO. The van der Waals surface area contributed by atoms with E-state index >= 15 is 0 Å². The van der Waals surface area contributed by atoms with Crippen LogP contribution in [0.4, 0.5) is 8.78 Å². The molecular weight excluding hydrogens is 354 g/mol. The standard InChI is InChI=1S/C14H14F2N4O3.CH2O2/c1-7-2-3-10(20(7)14(15)16)12(21)19-5-9-8(17-6-18-9)4-11(19)13(22)23;2-1-3/h2-3,6,11,14H,4-5H2,1H3,(H,17,18)(H,22,23);1H,(H,2,3). The number of carboxylic acids is 1. The predicted molar refractivity (Wildman–Crippen MR) is 82.7 cm³/mol. The highest BCUT2D eigenvalue weighted by molar-refractivity contribution is 5.96. The summed E-state index contributed by atoms with van der Waals surface area (Å²) in [6.45, 7) is -1.68. The van der Waals surface area contributed by atoms with Crippen molar-refractivity contribution in [3.8, 4) is 0 Å². The van der Waals surface area contributed by atoms with Gasteiger partial charge in [-0.15, -0.1) is 0 Å². The lowest BCUT2D eigenvalue weighted by molar-refractivity contribution is -0.143. The fourth-order valence-corrected chi connectivity index (χ4v) is 2.80. The number of amides is 1. The molecular formula is C15H16F2N4O5. The highest BCUT2D eigenvalue weighted by atomic mass is 19.3. The lowest BCUT2D eigenvalue weighted by atomic mass is 10.0. The number of halogens is 2. The van der Waals surface area contributed by atoms with Crippen molar-refractivity contribution >= 4 is 18.3 Å². The molecule has 1 atom stereocenters. The zero-order chi connectivity index (χ0) is 19.4. The molecule has 0 bridgehead atoms. The number of hydrogen-bond donors (Lipinski definition) is 3. The number of aliphatic carboxylic acids is 1. The van der Waals surface area contributed by atoms with Gasteiger partial charge in [-0.2, -0.15) is 8.78 Å². The monoisotopic (exact) mass is 370 g/mol. The summed E-state index contributed by atoms with van der Waals surface area (Å²) in [6, 6.07) is 1.55. The van der Waals surface area contributed by atoms with Crippen LogP contribution in [0.1, 0.15) is 34.1 Å². The highest BCUT2D eigenvalue weighted by Gasteiger charge is 2.37. The summed E-state index contributed by atoms with van der Waals surface area (Å²) in [5.74, 6) is -1.94. The van der Waals surface area contributed by atoms with Crippen molar-refractivity contribution in [1.29, 1.82) is 0 Å². The number of imidazole rings is 1. The number of rotatable bonds is 3. The van der Waals surface area contributed by atoms with E-state index in [1.807, 2.05) is 0 Å². The second-order valence-electron chi connectivity index (χ2n) is 5.43. The minimum Gasteiger partial charge on any atom is -0.483 e. The Morgan fingerprint density at radius 2 is 2.08 bits per heavy atom. The molecule has 1 aliphatic heterocycles. The number of nitrogens with one attached hydrogen (secondary N) is 1. The summed E-state index contributed by atoms with van der Waals surface area (Å²) in [4.78, 5) is 40.4. The Bertz CT molecular complexity index is 817. The molecule has 3 heterocycles. The van der Waals surface area contributed by atoms with Crippen LogP contribution in [-0.2, 0) is 22.6 Å². The van der Waals surface area contributed by atoms with Gasteiger partial charge >= 0.3 is 12.5 Å². The quantitative estimate of drug-likeness (QED) is 0.698. The molecule has 0 aliphatic carbocycles. The van der Waals surface area contributed by atoms with E-state index in [0.29, 0.717) is 16.0 Å². The van der Waals surface area contributed by atoms with Crippen molar-refractivity contribution in [3.05, 3.63) is 41.2 Å². The first-order valence-corrected chi connectivity index (χ1v) is 7.40. The Labute approximate surface area is 145 Å². The largest absolute Gasteiger partial charge is 0.483 e. The van der Waals surface area contributed by atoms with Gasteiger partial charge in [0.1, 0.15) is 11.7 Å². The third-order valence-corrected chi connectivity index (χ3v) is 3.98. The van der Waals surface area contributed by atoms with Gasteiger partial charge in [0.15, 0.2) is 0 Å². The fraction of sp³-hybridized carbons (Fsp3) is 0.333. The zero-order valence-electron chi connectivity index (χ0n) is 13.6. The van der Waals surface area contributed by atoms with Gasteiger partial charge in [0, 0.05) is 12.1 Å². The molecule has 3 rings (SSSR count). The van der Waals surface area contributed by atoms with Crippen LogP contribution in [0.15, 0.2) is 18.5 Å². The molecule has 26 heavy (non-hydrogen) atoms. The number of carboxylic acid groups (broad SMARTS) is 2. The average Bonchev–Trinajstić information content (AvgIpc) is 3.19. The van der Waals surface area contributed by atoms with E-state index in [0.717, 1.165) is 4.90 Å². The summed E-state index contributed by atoms with van der Waals surface area (Å²) in [6.07, 6.45) is 1.46. The highest BCUT2D eigenvalue weighted by Crippen LogP contribution is 2.25. The van der Waals surface area contributed by atoms with E-state index in [2.05, 4.69) is 9.97 Å². The predicted octanol–water partition coefficient (Wildman–Crippen LogP) is 1.27. The number of H-pyrrole nitrogens is 1. The third-order valence-electron chi connectivity index (χ3n) is 3.98. The van der Waals surface area contributed by atoms with Crippen LogP contribution in [0.3, 0.4) is 0 Å². The molecule has 0 saturated carbocycles. The number of carbonyl (C=O) groups excluding carboxylic acids is 1. The Morgan fingerprint density at radius 1 is 1.42 bits per heavy atom. The van der Waals surface area contributed by atoms with Gasteiger partial charge in [0.25, 0.3) is 12.4 Å². The molecule has 11 heteroatoms. The van der Waals surface area contributed by atoms with E-state index in [-0.39, 0.29) is 30.8 Å². The molecule has 3 N–H and O–H groups in total. The van der Waals surface area contributed by atoms with Crippen LogP contribution in [0.25, 0.3) is 0 Å². The number of aryl methyl sites for hydroxylation is 1. The van der Waals surface area contributed by atoms with Crippen molar-refractivity contribution in [2.24, 2.45) is 0 Å². The van der Waals surface area contributed by atoms with Gasteiger partial charge in [-0.1, -0.05) is 0 Å². The van der Waals surface area contributed by atoms with Crippen LogP contribution in [0, 0.1) is 6.92 Å². The number of nitrogens with zero attached hydrogens (tertiary/aromatic N) is 3. The first kappa shape index (κ1) is 19.1. The van der Waals surface area contributed by atoms with Crippen molar-refractivity contribution < 1.29 is 33.4 Å². The van der Waals surface area contributed by atoms with Crippen LogP contribution >= 0.6 is 0 Å². The van der Waals surface area contributed by atoms with Gasteiger partial charge in [-0.25, -0.2) is 9.78 Å². The van der Waals surface area contributed by atoms with E-state index in [1.165, 1.54) is 25.4 Å². The number of aromatic amines is 1. The lowest BCUT2D eigenvalue weighted by Gasteiger charge is -2.32. The molecule has 1 unspecified atom stereocenters. The van der Waals surface area contributed by atoms with E-state index < -0.39 is 24.5 Å². The summed E-state index contributed by atoms with van der Waals surface area (Å²) < 4.78 is 26.9. The van der Waals surface area contributed by atoms with E-state index in [4.69, 9.17) is 9.90 Å². The fourth-order valence-electron chi connectivity index (χ4n) is 2.80. The van der Waals surface area contributed by atoms with Gasteiger partial charge < -0.3 is 20.1 Å². The molecule has 9 nitrogen and oxygen atoms in total. The lowest BCUT2D eigenvalue weighted by Crippen LogP contribution is -2.49. The molecule has 0 saturated heterocycles. The normalized spacial score (nSPS) is 15.8.